The molecular weight excluding hydrogens is 278 g/mol. The normalized spacial score (nSPS) is 22.0. The van der Waals surface area contributed by atoms with Gasteiger partial charge in [-0.1, -0.05) is 12.1 Å². The Labute approximate surface area is 133 Å². The predicted molar refractivity (Wildman–Crippen MR) is 87.4 cm³/mol. The van der Waals surface area contributed by atoms with Gasteiger partial charge in [-0.2, -0.15) is 0 Å². The van der Waals surface area contributed by atoms with Crippen molar-refractivity contribution in [2.75, 3.05) is 7.11 Å². The van der Waals surface area contributed by atoms with Crippen molar-refractivity contribution in [1.82, 2.24) is 5.32 Å². The van der Waals surface area contributed by atoms with Crippen LogP contribution in [0.4, 0.5) is 4.79 Å². The Morgan fingerprint density at radius 3 is 2.18 bits per heavy atom. The van der Waals surface area contributed by atoms with E-state index in [0.717, 1.165) is 31.4 Å². The number of nitrogens with one attached hydrogen (secondary N) is 1. The van der Waals surface area contributed by atoms with Crippen LogP contribution in [0.1, 0.15) is 57.9 Å². The Hall–Kier alpha value is -1.71. The molecule has 4 heteroatoms. The summed E-state index contributed by atoms with van der Waals surface area (Å²) in [4.78, 5) is 11.8. The molecule has 1 amide bonds. The molecule has 1 N–H and O–H groups in total. The summed E-state index contributed by atoms with van der Waals surface area (Å²) >= 11 is 0. The van der Waals surface area contributed by atoms with Crippen molar-refractivity contribution < 1.29 is 14.3 Å². The van der Waals surface area contributed by atoms with Crippen molar-refractivity contribution in [3.8, 4) is 5.75 Å². The summed E-state index contributed by atoms with van der Waals surface area (Å²) in [6, 6.07) is 8.54. The largest absolute Gasteiger partial charge is 0.497 e. The minimum atomic E-state index is -0.440. The zero-order chi connectivity index (χ0) is 16.2. The molecule has 1 fully saturated rings. The molecule has 1 aliphatic carbocycles. The van der Waals surface area contributed by atoms with Gasteiger partial charge in [0, 0.05) is 6.04 Å². The molecule has 4 nitrogen and oxygen atoms in total. The van der Waals surface area contributed by atoms with Crippen LogP contribution in [-0.4, -0.2) is 24.8 Å². The van der Waals surface area contributed by atoms with E-state index in [-0.39, 0.29) is 12.1 Å². The number of hydrogen-bond acceptors (Lipinski definition) is 3. The summed E-state index contributed by atoms with van der Waals surface area (Å²) in [5.41, 5.74) is 0.918. The number of carbonyl (C=O) groups is 1. The molecule has 1 aromatic rings. The van der Waals surface area contributed by atoms with Gasteiger partial charge in [0.2, 0.25) is 0 Å². The molecule has 1 aliphatic rings. The SMILES string of the molecule is COc1ccc(C2CCC(NC(=O)OC(C)(C)C)CC2)cc1. The lowest BCUT2D eigenvalue weighted by Crippen LogP contribution is -2.40. The standard InChI is InChI=1S/C18H27NO3/c1-18(2,3)22-17(20)19-15-9-5-13(6-10-15)14-7-11-16(21-4)12-8-14/h7-8,11-13,15H,5-6,9-10H2,1-4H3,(H,19,20). The summed E-state index contributed by atoms with van der Waals surface area (Å²) in [5.74, 6) is 1.46. The van der Waals surface area contributed by atoms with Crippen LogP contribution < -0.4 is 10.1 Å². The number of hydrogen-bond donors (Lipinski definition) is 1. The zero-order valence-electron chi connectivity index (χ0n) is 14.0. The van der Waals surface area contributed by atoms with E-state index < -0.39 is 5.60 Å². The van der Waals surface area contributed by atoms with Gasteiger partial charge in [-0.25, -0.2) is 4.79 Å². The highest BCUT2D eigenvalue weighted by molar-refractivity contribution is 5.68. The molecule has 0 unspecified atom stereocenters. The average molecular weight is 305 g/mol. The maximum Gasteiger partial charge on any atom is 0.407 e. The minimum absolute atomic E-state index is 0.226. The Kier molecular flexibility index (Phi) is 5.33. The summed E-state index contributed by atoms with van der Waals surface area (Å²) in [6.45, 7) is 5.65. The Morgan fingerprint density at radius 2 is 1.68 bits per heavy atom. The van der Waals surface area contributed by atoms with E-state index in [1.165, 1.54) is 5.56 Å². The number of carbonyl (C=O) groups excluding carboxylic acids is 1. The van der Waals surface area contributed by atoms with Crippen molar-refractivity contribution in [1.29, 1.82) is 0 Å². The molecule has 122 valence electrons. The van der Waals surface area contributed by atoms with E-state index in [2.05, 4.69) is 17.4 Å². The molecule has 0 bridgehead atoms. The van der Waals surface area contributed by atoms with Gasteiger partial charge in [0.25, 0.3) is 0 Å². The summed E-state index contributed by atoms with van der Waals surface area (Å²) in [7, 11) is 1.68. The van der Waals surface area contributed by atoms with Gasteiger partial charge in [0.1, 0.15) is 11.4 Å². The number of amides is 1. The van der Waals surface area contributed by atoms with Crippen molar-refractivity contribution in [3.63, 3.8) is 0 Å². The smallest absolute Gasteiger partial charge is 0.407 e. The van der Waals surface area contributed by atoms with E-state index in [9.17, 15) is 4.79 Å². The highest BCUT2D eigenvalue weighted by Crippen LogP contribution is 2.33. The molecule has 22 heavy (non-hydrogen) atoms. The monoisotopic (exact) mass is 305 g/mol. The predicted octanol–water partition coefficient (Wildman–Crippen LogP) is 4.25. The Morgan fingerprint density at radius 1 is 1.09 bits per heavy atom. The third-order valence-corrected chi connectivity index (χ3v) is 4.04. The molecule has 1 aromatic carbocycles. The summed E-state index contributed by atoms with van der Waals surface area (Å²) in [6.07, 6.45) is 3.87. The molecule has 0 heterocycles. The fourth-order valence-electron chi connectivity index (χ4n) is 2.92. The van der Waals surface area contributed by atoms with Crippen molar-refractivity contribution in [2.45, 2.75) is 64.0 Å². The van der Waals surface area contributed by atoms with Crippen LogP contribution >= 0.6 is 0 Å². The lowest BCUT2D eigenvalue weighted by atomic mass is 9.82. The van der Waals surface area contributed by atoms with Gasteiger partial charge in [0.15, 0.2) is 0 Å². The van der Waals surface area contributed by atoms with E-state index in [1.54, 1.807) is 7.11 Å². The number of methoxy groups -OCH3 is 1. The van der Waals surface area contributed by atoms with Crippen LogP contribution in [-0.2, 0) is 4.74 Å². The average Bonchev–Trinajstić information content (AvgIpc) is 2.46. The lowest BCUT2D eigenvalue weighted by Gasteiger charge is -2.30. The molecule has 0 aliphatic heterocycles. The molecule has 0 spiro atoms. The third-order valence-electron chi connectivity index (χ3n) is 4.04. The van der Waals surface area contributed by atoms with Gasteiger partial charge in [-0.05, 0) is 70.1 Å². The van der Waals surface area contributed by atoms with Crippen molar-refractivity contribution >= 4 is 6.09 Å². The van der Waals surface area contributed by atoms with E-state index in [0.29, 0.717) is 5.92 Å². The first-order valence-corrected chi connectivity index (χ1v) is 8.01. The first kappa shape index (κ1) is 16.7. The van der Waals surface area contributed by atoms with Crippen LogP contribution in [0.2, 0.25) is 0 Å². The maximum absolute atomic E-state index is 11.8. The van der Waals surface area contributed by atoms with Crippen LogP contribution in [0.25, 0.3) is 0 Å². The molecule has 2 rings (SSSR count). The zero-order valence-corrected chi connectivity index (χ0v) is 14.0. The van der Waals surface area contributed by atoms with Gasteiger partial charge in [-0.15, -0.1) is 0 Å². The summed E-state index contributed by atoms with van der Waals surface area (Å²) < 4.78 is 10.5. The van der Waals surface area contributed by atoms with Gasteiger partial charge < -0.3 is 14.8 Å². The third kappa shape index (κ3) is 4.93. The molecule has 0 radical (unpaired) electrons. The molecule has 0 aromatic heterocycles. The van der Waals surface area contributed by atoms with Crippen LogP contribution in [0.3, 0.4) is 0 Å². The van der Waals surface area contributed by atoms with E-state index >= 15 is 0 Å². The van der Waals surface area contributed by atoms with E-state index in [1.807, 2.05) is 32.9 Å². The van der Waals surface area contributed by atoms with Gasteiger partial charge in [-0.3, -0.25) is 0 Å². The highest BCUT2D eigenvalue weighted by Gasteiger charge is 2.25. The highest BCUT2D eigenvalue weighted by atomic mass is 16.6. The number of ether oxygens (including phenoxy) is 2. The fraction of sp³-hybridized carbons (Fsp3) is 0.611. The molecular formula is C18H27NO3. The number of rotatable bonds is 3. The quantitative estimate of drug-likeness (QED) is 0.908. The minimum Gasteiger partial charge on any atom is -0.497 e. The van der Waals surface area contributed by atoms with Crippen LogP contribution in [0.5, 0.6) is 5.75 Å². The fourth-order valence-corrected chi connectivity index (χ4v) is 2.92. The van der Waals surface area contributed by atoms with Gasteiger partial charge in [0.05, 0.1) is 7.11 Å². The topological polar surface area (TPSA) is 47.6 Å². The molecule has 0 atom stereocenters. The Balaban J connectivity index is 1.81. The van der Waals surface area contributed by atoms with Crippen LogP contribution in [0, 0.1) is 0 Å². The first-order valence-electron chi connectivity index (χ1n) is 8.01. The molecule has 0 saturated heterocycles. The van der Waals surface area contributed by atoms with E-state index in [4.69, 9.17) is 9.47 Å². The second-order valence-corrected chi connectivity index (χ2v) is 6.97. The van der Waals surface area contributed by atoms with Crippen molar-refractivity contribution in [2.24, 2.45) is 0 Å². The second-order valence-electron chi connectivity index (χ2n) is 6.97. The Bertz CT molecular complexity index is 482. The number of benzene rings is 1. The molecule has 1 saturated carbocycles. The second kappa shape index (κ2) is 7.03. The lowest BCUT2D eigenvalue weighted by molar-refractivity contribution is 0.0491. The number of alkyl carbamates (subject to hydrolysis) is 1. The summed E-state index contributed by atoms with van der Waals surface area (Å²) in [5, 5.41) is 2.98. The maximum atomic E-state index is 11.8. The van der Waals surface area contributed by atoms with Gasteiger partial charge >= 0.3 is 6.09 Å². The first-order chi connectivity index (χ1) is 10.4. The van der Waals surface area contributed by atoms with Crippen LogP contribution in [0.15, 0.2) is 24.3 Å². The van der Waals surface area contributed by atoms with Crippen molar-refractivity contribution in [3.05, 3.63) is 29.8 Å².